The Morgan fingerprint density at radius 2 is 1.92 bits per heavy atom. The Bertz CT molecular complexity index is 754. The molecule has 0 spiro atoms. The van der Waals surface area contributed by atoms with E-state index in [0.29, 0.717) is 31.5 Å². The van der Waals surface area contributed by atoms with Gasteiger partial charge in [-0.05, 0) is 37.1 Å². The number of likely N-dealkylation sites (tertiary alicyclic amines) is 1. The van der Waals surface area contributed by atoms with Crippen LogP contribution < -0.4 is 5.73 Å². The monoisotopic (exact) mass is 348 g/mol. The molecule has 2 heterocycles. The number of carbonyl (C=O) groups is 2. The first-order valence-corrected chi connectivity index (χ1v) is 7.82. The van der Waals surface area contributed by atoms with Crippen LogP contribution in [0.25, 0.3) is 11.5 Å². The average Bonchev–Trinajstić information content (AvgIpc) is 3.09. The van der Waals surface area contributed by atoms with Crippen LogP contribution in [0.5, 0.6) is 0 Å². The standard InChI is InChI=1S/C16H17FN4O4/c17-12-3-1-10(2-4-12)14-20-19-13(25-14)9-24-15(22)11-5-7-21(8-6-11)16(18)23/h1-4,11H,5-9H2,(H2,18,23). The third-order valence-corrected chi connectivity index (χ3v) is 4.04. The summed E-state index contributed by atoms with van der Waals surface area (Å²) in [7, 11) is 0. The molecule has 1 saturated heterocycles. The van der Waals surface area contributed by atoms with E-state index in [-0.39, 0.29) is 36.1 Å². The fourth-order valence-corrected chi connectivity index (χ4v) is 2.61. The number of nitrogens with two attached hydrogens (primary N) is 1. The van der Waals surface area contributed by atoms with Crippen molar-refractivity contribution in [3.8, 4) is 11.5 Å². The Labute approximate surface area is 142 Å². The molecule has 0 atom stereocenters. The molecule has 1 aliphatic rings. The highest BCUT2D eigenvalue weighted by Gasteiger charge is 2.27. The van der Waals surface area contributed by atoms with Gasteiger partial charge in [-0.2, -0.15) is 0 Å². The van der Waals surface area contributed by atoms with Crippen LogP contribution in [0.2, 0.25) is 0 Å². The molecular weight excluding hydrogens is 331 g/mol. The number of hydrogen-bond acceptors (Lipinski definition) is 6. The Kier molecular flexibility index (Phi) is 4.92. The molecule has 3 rings (SSSR count). The van der Waals surface area contributed by atoms with Gasteiger partial charge in [-0.15, -0.1) is 10.2 Å². The Balaban J connectivity index is 1.51. The smallest absolute Gasteiger partial charge is 0.314 e. The maximum Gasteiger partial charge on any atom is 0.314 e. The van der Waals surface area contributed by atoms with E-state index in [1.54, 1.807) is 0 Å². The minimum absolute atomic E-state index is 0.136. The van der Waals surface area contributed by atoms with Gasteiger partial charge < -0.3 is 19.8 Å². The number of amides is 2. The number of halogens is 1. The summed E-state index contributed by atoms with van der Waals surface area (Å²) in [6, 6.07) is 5.14. The van der Waals surface area contributed by atoms with Gasteiger partial charge >= 0.3 is 12.0 Å². The van der Waals surface area contributed by atoms with Crippen LogP contribution in [0.1, 0.15) is 18.7 Å². The summed E-state index contributed by atoms with van der Waals surface area (Å²) in [6.45, 7) is 0.734. The van der Waals surface area contributed by atoms with Crippen molar-refractivity contribution < 1.29 is 23.1 Å². The molecule has 0 saturated carbocycles. The number of carbonyl (C=O) groups excluding carboxylic acids is 2. The van der Waals surface area contributed by atoms with E-state index in [1.165, 1.54) is 29.2 Å². The second kappa shape index (κ2) is 7.29. The Morgan fingerprint density at radius 1 is 1.24 bits per heavy atom. The third-order valence-electron chi connectivity index (χ3n) is 4.04. The summed E-state index contributed by atoms with van der Waals surface area (Å²) in [5.41, 5.74) is 5.78. The molecule has 0 bridgehead atoms. The molecule has 2 aromatic rings. The van der Waals surface area contributed by atoms with Crippen LogP contribution in [-0.4, -0.2) is 40.2 Å². The molecule has 1 aliphatic heterocycles. The summed E-state index contributed by atoms with van der Waals surface area (Å²) < 4.78 is 23.5. The largest absolute Gasteiger partial charge is 0.455 e. The third kappa shape index (κ3) is 4.11. The molecule has 0 radical (unpaired) electrons. The lowest BCUT2D eigenvalue weighted by Crippen LogP contribution is -2.43. The first kappa shape index (κ1) is 16.9. The SMILES string of the molecule is NC(=O)N1CCC(C(=O)OCc2nnc(-c3ccc(F)cc3)o2)CC1. The number of benzene rings is 1. The normalized spacial score (nSPS) is 15.2. The lowest BCUT2D eigenvalue weighted by atomic mass is 9.97. The van der Waals surface area contributed by atoms with Crippen LogP contribution >= 0.6 is 0 Å². The van der Waals surface area contributed by atoms with Crippen LogP contribution in [-0.2, 0) is 16.1 Å². The van der Waals surface area contributed by atoms with Crippen molar-refractivity contribution in [2.75, 3.05) is 13.1 Å². The zero-order chi connectivity index (χ0) is 17.8. The average molecular weight is 348 g/mol. The molecule has 132 valence electrons. The van der Waals surface area contributed by atoms with Crippen molar-refractivity contribution in [1.29, 1.82) is 0 Å². The quantitative estimate of drug-likeness (QED) is 0.842. The summed E-state index contributed by atoms with van der Waals surface area (Å²) in [4.78, 5) is 24.6. The van der Waals surface area contributed by atoms with Gasteiger partial charge in [0.05, 0.1) is 5.92 Å². The fraction of sp³-hybridized carbons (Fsp3) is 0.375. The van der Waals surface area contributed by atoms with Gasteiger partial charge in [0.2, 0.25) is 5.89 Å². The molecule has 2 N–H and O–H groups in total. The van der Waals surface area contributed by atoms with E-state index in [0.717, 1.165) is 0 Å². The molecule has 9 heteroatoms. The van der Waals surface area contributed by atoms with Crippen molar-refractivity contribution >= 4 is 12.0 Å². The van der Waals surface area contributed by atoms with Crippen LogP contribution in [0.4, 0.5) is 9.18 Å². The van der Waals surface area contributed by atoms with E-state index in [2.05, 4.69) is 10.2 Å². The van der Waals surface area contributed by atoms with Crippen molar-refractivity contribution in [2.45, 2.75) is 19.4 Å². The lowest BCUT2D eigenvalue weighted by Gasteiger charge is -2.29. The zero-order valence-corrected chi connectivity index (χ0v) is 13.4. The van der Waals surface area contributed by atoms with Crippen molar-refractivity contribution in [1.82, 2.24) is 15.1 Å². The molecule has 1 aromatic carbocycles. The first-order valence-electron chi connectivity index (χ1n) is 7.82. The first-order chi connectivity index (χ1) is 12.0. The van der Waals surface area contributed by atoms with Gasteiger partial charge in [0.15, 0.2) is 6.61 Å². The van der Waals surface area contributed by atoms with Gasteiger partial charge in [-0.1, -0.05) is 0 Å². The van der Waals surface area contributed by atoms with Crippen molar-refractivity contribution in [2.24, 2.45) is 11.7 Å². The predicted octanol–water partition coefficient (Wildman–Crippen LogP) is 1.71. The number of nitrogens with zero attached hydrogens (tertiary/aromatic N) is 3. The highest BCUT2D eigenvalue weighted by atomic mass is 19.1. The number of esters is 1. The number of aromatic nitrogens is 2. The molecule has 1 fully saturated rings. The topological polar surface area (TPSA) is 112 Å². The molecule has 25 heavy (non-hydrogen) atoms. The van der Waals surface area contributed by atoms with Gasteiger partial charge in [0.1, 0.15) is 5.82 Å². The summed E-state index contributed by atoms with van der Waals surface area (Å²) in [6.07, 6.45) is 1.01. The summed E-state index contributed by atoms with van der Waals surface area (Å²) in [5.74, 6) is -0.636. The minimum atomic E-state index is -0.481. The van der Waals surface area contributed by atoms with Crippen molar-refractivity contribution in [3.05, 3.63) is 36.0 Å². The van der Waals surface area contributed by atoms with E-state index in [4.69, 9.17) is 14.9 Å². The number of rotatable bonds is 4. The fourth-order valence-electron chi connectivity index (χ4n) is 2.61. The number of hydrogen-bond donors (Lipinski definition) is 1. The zero-order valence-electron chi connectivity index (χ0n) is 13.4. The lowest BCUT2D eigenvalue weighted by molar-refractivity contribution is -0.152. The molecule has 2 amide bonds. The molecule has 0 unspecified atom stereocenters. The highest BCUT2D eigenvalue weighted by molar-refractivity contribution is 5.74. The van der Waals surface area contributed by atoms with E-state index in [1.807, 2.05) is 0 Å². The number of urea groups is 1. The summed E-state index contributed by atoms with van der Waals surface area (Å²) in [5, 5.41) is 7.66. The van der Waals surface area contributed by atoms with Crippen LogP contribution in [0.3, 0.4) is 0 Å². The van der Waals surface area contributed by atoms with Crippen LogP contribution in [0, 0.1) is 11.7 Å². The van der Waals surface area contributed by atoms with Gasteiger partial charge in [-0.25, -0.2) is 9.18 Å². The van der Waals surface area contributed by atoms with E-state index in [9.17, 15) is 14.0 Å². The van der Waals surface area contributed by atoms with Gasteiger partial charge in [-0.3, -0.25) is 4.79 Å². The maximum atomic E-state index is 12.9. The molecule has 0 aliphatic carbocycles. The maximum absolute atomic E-state index is 12.9. The minimum Gasteiger partial charge on any atom is -0.455 e. The molecule has 1 aromatic heterocycles. The second-order valence-electron chi connectivity index (χ2n) is 5.72. The van der Waals surface area contributed by atoms with E-state index >= 15 is 0 Å². The second-order valence-corrected chi connectivity index (χ2v) is 5.72. The molecular formula is C16H17FN4O4. The highest BCUT2D eigenvalue weighted by Crippen LogP contribution is 2.21. The Morgan fingerprint density at radius 3 is 2.56 bits per heavy atom. The number of primary amides is 1. The van der Waals surface area contributed by atoms with Crippen LogP contribution in [0.15, 0.2) is 28.7 Å². The Hall–Kier alpha value is -2.97. The summed E-state index contributed by atoms with van der Waals surface area (Å²) >= 11 is 0. The molecule has 8 nitrogen and oxygen atoms in total. The van der Waals surface area contributed by atoms with Gasteiger partial charge in [0.25, 0.3) is 5.89 Å². The van der Waals surface area contributed by atoms with E-state index < -0.39 is 6.03 Å². The number of ether oxygens (including phenoxy) is 1. The number of piperidine rings is 1. The van der Waals surface area contributed by atoms with Crippen molar-refractivity contribution in [3.63, 3.8) is 0 Å². The predicted molar refractivity (Wildman–Crippen MR) is 83.4 cm³/mol. The van der Waals surface area contributed by atoms with Gasteiger partial charge in [0, 0.05) is 18.7 Å².